The third-order valence-electron chi connectivity index (χ3n) is 2.90. The van der Waals surface area contributed by atoms with Gasteiger partial charge in [-0.25, -0.2) is 13.1 Å². The van der Waals surface area contributed by atoms with Gasteiger partial charge >= 0.3 is 0 Å². The minimum absolute atomic E-state index is 0.202. The van der Waals surface area contributed by atoms with E-state index >= 15 is 0 Å². The lowest BCUT2D eigenvalue weighted by atomic mass is 9.93. The summed E-state index contributed by atoms with van der Waals surface area (Å²) in [4.78, 5) is 0. The van der Waals surface area contributed by atoms with Gasteiger partial charge in [0.05, 0.1) is 6.10 Å². The predicted molar refractivity (Wildman–Crippen MR) is 67.3 cm³/mol. The lowest BCUT2D eigenvalue weighted by molar-refractivity contribution is 0.101. The first-order valence-corrected chi connectivity index (χ1v) is 7.90. The summed E-state index contributed by atoms with van der Waals surface area (Å²) in [5.74, 6) is 0. The van der Waals surface area contributed by atoms with Crippen LogP contribution in [0.5, 0.6) is 0 Å². The molecule has 4 N–H and O–H groups in total. The monoisotopic (exact) mass is 276 g/mol. The number of hydrogen-bond donors (Lipinski definition) is 3. The van der Waals surface area contributed by atoms with E-state index < -0.39 is 16.1 Å². The first kappa shape index (κ1) is 12.8. The van der Waals surface area contributed by atoms with Crippen LogP contribution in [0.1, 0.15) is 25.7 Å². The Balaban J connectivity index is 2.11. The Labute approximate surface area is 105 Å². The summed E-state index contributed by atoms with van der Waals surface area (Å²) < 4.78 is 26.7. The maximum absolute atomic E-state index is 12.0. The van der Waals surface area contributed by atoms with Gasteiger partial charge in [0.1, 0.15) is 4.21 Å². The number of thiophene rings is 1. The smallest absolute Gasteiger partial charge is 0.250 e. The van der Waals surface area contributed by atoms with Crippen LogP contribution in [-0.4, -0.2) is 25.7 Å². The summed E-state index contributed by atoms with van der Waals surface area (Å²) >= 11 is 1.09. The number of aliphatic hydroxyl groups is 1. The van der Waals surface area contributed by atoms with E-state index in [4.69, 9.17) is 5.73 Å². The third-order valence-corrected chi connectivity index (χ3v) is 5.84. The molecule has 1 fully saturated rings. The number of nitrogens with one attached hydrogen (secondary N) is 1. The average molecular weight is 276 g/mol. The van der Waals surface area contributed by atoms with Crippen LogP contribution in [0.3, 0.4) is 0 Å². The first-order valence-electron chi connectivity index (χ1n) is 5.53. The molecule has 0 bridgehead atoms. The molecule has 2 rings (SSSR count). The van der Waals surface area contributed by atoms with E-state index in [1.54, 1.807) is 5.38 Å². The molecular weight excluding hydrogens is 260 g/mol. The molecule has 0 spiro atoms. The molecule has 1 aliphatic carbocycles. The normalized spacial score (nSPS) is 25.9. The van der Waals surface area contributed by atoms with Crippen LogP contribution in [-0.2, 0) is 10.0 Å². The Kier molecular flexibility index (Phi) is 3.72. The fraction of sp³-hybridized carbons (Fsp3) is 0.600. The fourth-order valence-electron chi connectivity index (χ4n) is 1.98. The number of nitrogen functional groups attached to an aromatic ring is 1. The van der Waals surface area contributed by atoms with Crippen LogP contribution >= 0.6 is 11.3 Å². The zero-order chi connectivity index (χ0) is 12.5. The van der Waals surface area contributed by atoms with Gasteiger partial charge in [-0.2, -0.15) is 0 Å². The zero-order valence-corrected chi connectivity index (χ0v) is 10.9. The SMILES string of the molecule is Nc1csc(S(=O)(=O)N[C@@H]2CCCC[C@H]2O)c1. The quantitative estimate of drug-likeness (QED) is 0.765. The molecular formula is C10H16N2O3S2. The minimum Gasteiger partial charge on any atom is -0.398 e. The minimum atomic E-state index is -3.54. The molecule has 1 aliphatic rings. The topological polar surface area (TPSA) is 92.4 Å². The number of rotatable bonds is 3. The molecule has 0 aromatic carbocycles. The molecule has 1 aromatic heterocycles. The van der Waals surface area contributed by atoms with Crippen molar-refractivity contribution in [3.8, 4) is 0 Å². The summed E-state index contributed by atoms with van der Waals surface area (Å²) in [6.45, 7) is 0. The number of aliphatic hydroxyl groups excluding tert-OH is 1. The number of nitrogens with two attached hydrogens (primary N) is 1. The van der Waals surface area contributed by atoms with Gasteiger partial charge in [-0.1, -0.05) is 12.8 Å². The molecule has 0 saturated heterocycles. The number of anilines is 1. The van der Waals surface area contributed by atoms with Crippen molar-refractivity contribution in [3.05, 3.63) is 11.4 Å². The van der Waals surface area contributed by atoms with Crippen molar-refractivity contribution in [2.24, 2.45) is 0 Å². The van der Waals surface area contributed by atoms with E-state index in [1.165, 1.54) is 6.07 Å². The van der Waals surface area contributed by atoms with E-state index in [0.717, 1.165) is 24.2 Å². The molecule has 0 radical (unpaired) electrons. The summed E-state index contributed by atoms with van der Waals surface area (Å²) in [5.41, 5.74) is 5.95. The molecule has 1 saturated carbocycles. The number of sulfonamides is 1. The Morgan fingerprint density at radius 2 is 2.12 bits per heavy atom. The Morgan fingerprint density at radius 3 is 2.71 bits per heavy atom. The molecule has 7 heteroatoms. The van der Waals surface area contributed by atoms with Gasteiger partial charge < -0.3 is 10.8 Å². The van der Waals surface area contributed by atoms with E-state index in [1.807, 2.05) is 0 Å². The van der Waals surface area contributed by atoms with Gasteiger partial charge in [-0.3, -0.25) is 0 Å². The van der Waals surface area contributed by atoms with Crippen molar-refractivity contribution >= 4 is 27.0 Å². The lowest BCUT2D eigenvalue weighted by Crippen LogP contribution is -2.44. The van der Waals surface area contributed by atoms with Crippen LogP contribution < -0.4 is 10.5 Å². The average Bonchev–Trinajstić information content (AvgIpc) is 2.69. The molecule has 96 valence electrons. The molecule has 0 aliphatic heterocycles. The summed E-state index contributed by atoms with van der Waals surface area (Å²) in [7, 11) is -3.54. The van der Waals surface area contributed by atoms with Crippen LogP contribution in [0.25, 0.3) is 0 Å². The van der Waals surface area contributed by atoms with E-state index in [-0.39, 0.29) is 10.3 Å². The molecule has 0 unspecified atom stereocenters. The van der Waals surface area contributed by atoms with Crippen molar-refractivity contribution in [1.29, 1.82) is 0 Å². The Morgan fingerprint density at radius 1 is 1.41 bits per heavy atom. The highest BCUT2D eigenvalue weighted by molar-refractivity contribution is 7.91. The van der Waals surface area contributed by atoms with Crippen molar-refractivity contribution in [3.63, 3.8) is 0 Å². The fourth-order valence-corrected chi connectivity index (χ4v) is 4.38. The summed E-state index contributed by atoms with van der Waals surface area (Å²) in [6.07, 6.45) is 2.64. The van der Waals surface area contributed by atoms with Crippen molar-refractivity contribution in [2.45, 2.75) is 42.0 Å². The first-order chi connectivity index (χ1) is 7.99. The van der Waals surface area contributed by atoms with Crippen LogP contribution in [0.15, 0.2) is 15.7 Å². The number of hydrogen-bond acceptors (Lipinski definition) is 5. The molecule has 2 atom stereocenters. The molecule has 1 aromatic rings. The highest BCUT2D eigenvalue weighted by Crippen LogP contribution is 2.24. The van der Waals surface area contributed by atoms with Crippen molar-refractivity contribution in [2.75, 3.05) is 5.73 Å². The second-order valence-electron chi connectivity index (χ2n) is 4.28. The second-order valence-corrected chi connectivity index (χ2v) is 7.13. The molecule has 1 heterocycles. The van der Waals surface area contributed by atoms with Gasteiger partial charge in [0.15, 0.2) is 0 Å². The van der Waals surface area contributed by atoms with Crippen molar-refractivity contribution < 1.29 is 13.5 Å². The maximum atomic E-state index is 12.0. The van der Waals surface area contributed by atoms with E-state index in [9.17, 15) is 13.5 Å². The summed E-state index contributed by atoms with van der Waals surface area (Å²) in [5, 5.41) is 11.3. The van der Waals surface area contributed by atoms with E-state index in [0.29, 0.717) is 18.5 Å². The lowest BCUT2D eigenvalue weighted by Gasteiger charge is -2.27. The van der Waals surface area contributed by atoms with E-state index in [2.05, 4.69) is 4.72 Å². The highest BCUT2D eigenvalue weighted by atomic mass is 32.2. The van der Waals surface area contributed by atoms with Crippen LogP contribution in [0.2, 0.25) is 0 Å². The zero-order valence-electron chi connectivity index (χ0n) is 9.30. The highest BCUT2D eigenvalue weighted by Gasteiger charge is 2.28. The van der Waals surface area contributed by atoms with Crippen molar-refractivity contribution in [1.82, 2.24) is 4.72 Å². The Bertz CT molecular complexity index is 483. The third kappa shape index (κ3) is 2.98. The predicted octanol–water partition coefficient (Wildman–Crippen LogP) is 0.912. The molecule has 0 amide bonds. The van der Waals surface area contributed by atoms with Crippen LogP contribution in [0, 0.1) is 0 Å². The molecule has 17 heavy (non-hydrogen) atoms. The van der Waals surface area contributed by atoms with Gasteiger partial charge in [0, 0.05) is 17.1 Å². The van der Waals surface area contributed by atoms with Crippen LogP contribution in [0.4, 0.5) is 5.69 Å². The largest absolute Gasteiger partial charge is 0.398 e. The van der Waals surface area contributed by atoms with Gasteiger partial charge in [0.25, 0.3) is 0 Å². The van der Waals surface area contributed by atoms with Gasteiger partial charge in [0.2, 0.25) is 10.0 Å². The Hall–Kier alpha value is -0.630. The van der Waals surface area contributed by atoms with Gasteiger partial charge in [-0.15, -0.1) is 11.3 Å². The maximum Gasteiger partial charge on any atom is 0.250 e. The second kappa shape index (κ2) is 4.93. The molecule has 5 nitrogen and oxygen atoms in total. The summed E-state index contributed by atoms with van der Waals surface area (Å²) in [6, 6.07) is 1.06. The van der Waals surface area contributed by atoms with Gasteiger partial charge in [-0.05, 0) is 18.9 Å². The standard InChI is InChI=1S/C10H16N2O3S2/c11-7-5-10(16-6-7)17(14,15)12-8-3-1-2-4-9(8)13/h5-6,8-9,12-13H,1-4,11H2/t8-,9-/m1/s1.